The van der Waals surface area contributed by atoms with Gasteiger partial charge >= 0.3 is 0 Å². The van der Waals surface area contributed by atoms with E-state index in [-0.39, 0.29) is 6.42 Å². The summed E-state index contributed by atoms with van der Waals surface area (Å²) in [6.07, 6.45) is 3.38. The maximum atomic E-state index is 13.5. The number of aromatic nitrogens is 1. The average molecular weight is 575 g/mol. The number of aliphatic hydroxyl groups is 1. The van der Waals surface area contributed by atoms with Crippen LogP contribution >= 0.6 is 0 Å². The SMILES string of the molecule is COc1ccc2ncc(N(C)C)c(C(O)CCC3(C(=O)NO)CCN(CCCc4cc(F)c(F)c(F)c4)CC3)c2c1. The minimum Gasteiger partial charge on any atom is -0.497 e. The summed E-state index contributed by atoms with van der Waals surface area (Å²) in [5.41, 5.74) is 3.53. The predicted molar refractivity (Wildman–Crippen MR) is 149 cm³/mol. The lowest BCUT2D eigenvalue weighted by atomic mass is 9.73. The Kier molecular flexibility index (Phi) is 9.72. The van der Waals surface area contributed by atoms with Gasteiger partial charge < -0.3 is 19.6 Å². The van der Waals surface area contributed by atoms with Gasteiger partial charge in [0.2, 0.25) is 5.91 Å². The van der Waals surface area contributed by atoms with Crippen molar-refractivity contribution in [2.45, 2.75) is 44.6 Å². The number of fused-ring (bicyclic) bond motifs is 1. The van der Waals surface area contributed by atoms with E-state index in [2.05, 4.69) is 9.88 Å². The molecule has 1 aliphatic heterocycles. The fraction of sp³-hybridized carbons (Fsp3) is 0.467. The van der Waals surface area contributed by atoms with Crippen LogP contribution in [0.1, 0.15) is 49.3 Å². The number of likely N-dealkylation sites (tertiary alicyclic amines) is 1. The molecule has 1 aliphatic rings. The van der Waals surface area contributed by atoms with Gasteiger partial charge in [0.25, 0.3) is 0 Å². The molecule has 1 atom stereocenters. The monoisotopic (exact) mass is 574 g/mol. The minimum atomic E-state index is -1.47. The fourth-order valence-corrected chi connectivity index (χ4v) is 5.75. The third kappa shape index (κ3) is 6.74. The molecule has 1 aromatic heterocycles. The third-order valence-electron chi connectivity index (χ3n) is 8.19. The first-order valence-corrected chi connectivity index (χ1v) is 13.7. The van der Waals surface area contributed by atoms with Crippen molar-refractivity contribution in [2.75, 3.05) is 45.7 Å². The summed E-state index contributed by atoms with van der Waals surface area (Å²) >= 11 is 0. The highest BCUT2D eigenvalue weighted by Gasteiger charge is 2.41. The number of ether oxygens (including phenoxy) is 1. The van der Waals surface area contributed by atoms with Crippen LogP contribution in [0.5, 0.6) is 5.75 Å². The van der Waals surface area contributed by atoms with Crippen LogP contribution in [0, 0.1) is 22.9 Å². The summed E-state index contributed by atoms with van der Waals surface area (Å²) < 4.78 is 45.6. The normalized spacial score (nSPS) is 16.0. The molecule has 0 aliphatic carbocycles. The Bertz CT molecular complexity index is 1360. The number of carbonyl (C=O) groups excluding carboxylic acids is 1. The number of hydroxylamine groups is 1. The van der Waals surface area contributed by atoms with Crippen LogP contribution in [-0.2, 0) is 11.2 Å². The maximum absolute atomic E-state index is 13.5. The molecular weight excluding hydrogens is 537 g/mol. The van der Waals surface area contributed by atoms with Crippen molar-refractivity contribution >= 4 is 22.5 Å². The quantitative estimate of drug-likeness (QED) is 0.173. The first-order chi connectivity index (χ1) is 19.6. The number of rotatable bonds is 11. The topological polar surface area (TPSA) is 98.2 Å². The minimum absolute atomic E-state index is 0.284. The number of methoxy groups -OCH3 is 1. The zero-order valence-electron chi connectivity index (χ0n) is 23.6. The van der Waals surface area contributed by atoms with E-state index in [0.717, 1.165) is 23.2 Å². The van der Waals surface area contributed by atoms with Crippen molar-refractivity contribution in [1.82, 2.24) is 15.4 Å². The number of amides is 1. The van der Waals surface area contributed by atoms with Gasteiger partial charge in [-0.25, -0.2) is 18.7 Å². The van der Waals surface area contributed by atoms with E-state index in [4.69, 9.17) is 4.74 Å². The van der Waals surface area contributed by atoms with Gasteiger partial charge in [-0.1, -0.05) is 0 Å². The van der Waals surface area contributed by atoms with Gasteiger partial charge in [0.05, 0.1) is 36.0 Å². The summed E-state index contributed by atoms with van der Waals surface area (Å²) in [4.78, 5) is 21.5. The lowest BCUT2D eigenvalue weighted by molar-refractivity contribution is -0.143. The molecule has 3 N–H and O–H groups in total. The smallest absolute Gasteiger partial charge is 0.249 e. The molecule has 2 heterocycles. The molecule has 0 bridgehead atoms. The molecule has 3 aromatic rings. The highest BCUT2D eigenvalue weighted by molar-refractivity contribution is 5.88. The second-order valence-corrected chi connectivity index (χ2v) is 10.9. The summed E-state index contributed by atoms with van der Waals surface area (Å²) in [7, 11) is 5.32. The van der Waals surface area contributed by atoms with Crippen LogP contribution in [0.25, 0.3) is 10.9 Å². The van der Waals surface area contributed by atoms with Gasteiger partial charge in [0, 0.05) is 25.0 Å². The Morgan fingerprint density at radius 1 is 1.17 bits per heavy atom. The van der Waals surface area contributed by atoms with Gasteiger partial charge in [-0.15, -0.1) is 0 Å². The molecule has 1 saturated heterocycles. The van der Waals surface area contributed by atoms with Crippen molar-refractivity contribution in [3.05, 3.63) is 65.1 Å². The summed E-state index contributed by atoms with van der Waals surface area (Å²) in [5, 5.41) is 21.8. The molecule has 222 valence electrons. The van der Waals surface area contributed by atoms with Gasteiger partial charge in [-0.3, -0.25) is 15.0 Å². The molecule has 8 nitrogen and oxygen atoms in total. The highest BCUT2D eigenvalue weighted by Crippen LogP contribution is 2.41. The Hall–Kier alpha value is -3.41. The molecule has 2 aromatic carbocycles. The van der Waals surface area contributed by atoms with Crippen LogP contribution in [0.4, 0.5) is 18.9 Å². The number of nitrogens with one attached hydrogen (secondary N) is 1. The third-order valence-corrected chi connectivity index (χ3v) is 8.19. The summed E-state index contributed by atoms with van der Waals surface area (Å²) in [6, 6.07) is 7.52. The van der Waals surface area contributed by atoms with Crippen LogP contribution in [-0.4, -0.2) is 66.9 Å². The van der Waals surface area contributed by atoms with E-state index in [1.54, 1.807) is 13.3 Å². The van der Waals surface area contributed by atoms with Gasteiger partial charge in [0.1, 0.15) is 5.75 Å². The molecule has 11 heteroatoms. The Labute approximate surface area is 237 Å². The van der Waals surface area contributed by atoms with Gasteiger partial charge in [-0.05, 0) is 94.1 Å². The molecule has 0 saturated carbocycles. The zero-order valence-corrected chi connectivity index (χ0v) is 23.6. The number of hydrogen-bond acceptors (Lipinski definition) is 7. The number of benzene rings is 2. The number of piperidine rings is 1. The van der Waals surface area contributed by atoms with E-state index < -0.39 is 34.9 Å². The number of nitrogens with zero attached hydrogens (tertiary/aromatic N) is 3. The molecule has 4 rings (SSSR count). The van der Waals surface area contributed by atoms with E-state index in [0.29, 0.717) is 74.1 Å². The predicted octanol–water partition coefficient (Wildman–Crippen LogP) is 4.76. The Morgan fingerprint density at radius 3 is 2.46 bits per heavy atom. The van der Waals surface area contributed by atoms with Gasteiger partial charge in [-0.2, -0.15) is 0 Å². The number of aryl methyl sites for hydroxylation is 1. The first kappa shape index (κ1) is 30.5. The first-order valence-electron chi connectivity index (χ1n) is 13.7. The lowest BCUT2D eigenvalue weighted by Gasteiger charge is -2.40. The van der Waals surface area contributed by atoms with Crippen molar-refractivity contribution in [2.24, 2.45) is 5.41 Å². The Balaban J connectivity index is 1.43. The van der Waals surface area contributed by atoms with E-state index in [1.165, 1.54) is 0 Å². The number of hydrogen-bond donors (Lipinski definition) is 3. The molecule has 1 amide bonds. The molecular formula is C30H37F3N4O4. The van der Waals surface area contributed by atoms with Gasteiger partial charge in [0.15, 0.2) is 17.5 Å². The van der Waals surface area contributed by atoms with Crippen LogP contribution in [0.2, 0.25) is 0 Å². The van der Waals surface area contributed by atoms with Crippen molar-refractivity contribution in [1.29, 1.82) is 0 Å². The fourth-order valence-electron chi connectivity index (χ4n) is 5.75. The van der Waals surface area contributed by atoms with E-state index in [9.17, 15) is 28.3 Å². The molecule has 0 radical (unpaired) electrons. The standard InChI is InChI=1S/C30H37F3N4O4/c1-36(2)25-18-34-24-7-6-20(41-3)17-21(24)27(25)26(38)8-9-30(29(39)35-40)10-13-37(14-11-30)12-4-5-19-15-22(31)28(33)23(32)16-19/h6-7,15-18,26,38,40H,4-5,8-14H2,1-3H3,(H,35,39). The number of aliphatic hydroxyl groups excluding tert-OH is 1. The molecule has 41 heavy (non-hydrogen) atoms. The molecule has 1 fully saturated rings. The van der Waals surface area contributed by atoms with Crippen molar-refractivity contribution in [3.8, 4) is 5.75 Å². The summed E-state index contributed by atoms with van der Waals surface area (Å²) in [5.74, 6) is -3.70. The van der Waals surface area contributed by atoms with Crippen molar-refractivity contribution in [3.63, 3.8) is 0 Å². The van der Waals surface area contributed by atoms with Crippen LogP contribution in [0.15, 0.2) is 36.5 Å². The van der Waals surface area contributed by atoms with Crippen molar-refractivity contribution < 1.29 is 33.0 Å². The highest BCUT2D eigenvalue weighted by atomic mass is 19.2. The Morgan fingerprint density at radius 2 is 1.85 bits per heavy atom. The second-order valence-electron chi connectivity index (χ2n) is 10.9. The zero-order chi connectivity index (χ0) is 29.7. The average Bonchev–Trinajstić information content (AvgIpc) is 2.97. The van der Waals surface area contributed by atoms with E-state index in [1.807, 2.05) is 42.7 Å². The molecule has 0 spiro atoms. The number of anilines is 1. The number of carbonyl (C=O) groups is 1. The summed E-state index contributed by atoms with van der Waals surface area (Å²) in [6.45, 7) is 1.79. The lowest BCUT2D eigenvalue weighted by Crippen LogP contribution is -2.48. The molecule has 1 unspecified atom stereocenters. The number of pyridine rings is 1. The van der Waals surface area contributed by atoms with E-state index >= 15 is 0 Å². The number of halogens is 3. The maximum Gasteiger partial charge on any atom is 0.249 e. The van der Waals surface area contributed by atoms with Crippen LogP contribution in [0.3, 0.4) is 0 Å². The largest absolute Gasteiger partial charge is 0.497 e. The second kappa shape index (κ2) is 13.1. The van der Waals surface area contributed by atoms with Crippen LogP contribution < -0.4 is 15.1 Å².